The van der Waals surface area contributed by atoms with E-state index in [-0.39, 0.29) is 10.8 Å². The molecule has 0 fully saturated rings. The largest absolute Gasteiger partial charge is 0.495 e. The molecule has 6 heteroatoms. The van der Waals surface area contributed by atoms with Crippen LogP contribution in [0.25, 0.3) is 0 Å². The normalized spacial score (nSPS) is 12.2. The molecule has 20 heavy (non-hydrogen) atoms. The highest BCUT2D eigenvalue weighted by molar-refractivity contribution is 7.89. The van der Waals surface area contributed by atoms with Crippen molar-refractivity contribution in [3.05, 3.63) is 17.7 Å². The quantitative estimate of drug-likeness (QED) is 0.818. The Morgan fingerprint density at radius 1 is 1.35 bits per heavy atom. The predicted molar refractivity (Wildman–Crippen MR) is 81.4 cm³/mol. The average Bonchev–Trinajstić information content (AvgIpc) is 2.37. The molecule has 5 nitrogen and oxygen atoms in total. The van der Waals surface area contributed by atoms with Gasteiger partial charge in [0.25, 0.3) is 0 Å². The van der Waals surface area contributed by atoms with Gasteiger partial charge in [-0.05, 0) is 30.5 Å². The van der Waals surface area contributed by atoms with Gasteiger partial charge in [-0.15, -0.1) is 0 Å². The van der Waals surface area contributed by atoms with Crippen LogP contribution >= 0.6 is 0 Å². The Balaban J connectivity index is 3.37. The van der Waals surface area contributed by atoms with Crippen LogP contribution in [-0.2, 0) is 10.0 Å². The summed E-state index contributed by atoms with van der Waals surface area (Å²) in [4.78, 5) is 0.130. The first-order valence-electron chi connectivity index (χ1n) is 6.68. The molecule has 1 rings (SSSR count). The fourth-order valence-corrected chi connectivity index (χ4v) is 3.77. The smallest absolute Gasteiger partial charge is 0.246 e. The van der Waals surface area contributed by atoms with E-state index in [1.165, 1.54) is 17.5 Å². The average molecular weight is 300 g/mol. The number of nitrogen functional groups attached to an aromatic ring is 1. The van der Waals surface area contributed by atoms with E-state index in [9.17, 15) is 8.42 Å². The van der Waals surface area contributed by atoms with Crippen LogP contribution in [0.4, 0.5) is 5.69 Å². The van der Waals surface area contributed by atoms with Crippen LogP contribution < -0.4 is 10.5 Å². The van der Waals surface area contributed by atoms with Crippen LogP contribution in [0.5, 0.6) is 5.75 Å². The van der Waals surface area contributed by atoms with E-state index in [1.807, 2.05) is 27.7 Å². The standard InChI is InChI=1S/C14H24N2O3S/c1-6-16(9-10(2)3)20(17,18)14-8-12(15)11(4)7-13(14)19-5/h7-8,10H,6,9,15H2,1-5H3. The van der Waals surface area contributed by atoms with Crippen molar-refractivity contribution in [2.45, 2.75) is 32.6 Å². The van der Waals surface area contributed by atoms with E-state index >= 15 is 0 Å². The molecule has 0 aliphatic rings. The second-order valence-corrected chi connectivity index (χ2v) is 7.12. The highest BCUT2D eigenvalue weighted by Crippen LogP contribution is 2.31. The van der Waals surface area contributed by atoms with Crippen molar-refractivity contribution in [3.63, 3.8) is 0 Å². The lowest BCUT2D eigenvalue weighted by atomic mass is 10.2. The Labute approximate surface area is 121 Å². The van der Waals surface area contributed by atoms with E-state index < -0.39 is 10.0 Å². The zero-order chi connectivity index (χ0) is 15.5. The summed E-state index contributed by atoms with van der Waals surface area (Å²) in [6, 6.07) is 3.14. The molecule has 0 bridgehead atoms. The summed E-state index contributed by atoms with van der Waals surface area (Å²) in [7, 11) is -2.14. The van der Waals surface area contributed by atoms with Gasteiger partial charge in [-0.25, -0.2) is 8.42 Å². The number of benzene rings is 1. The third kappa shape index (κ3) is 3.43. The highest BCUT2D eigenvalue weighted by atomic mass is 32.2. The third-order valence-corrected chi connectivity index (χ3v) is 5.05. The molecule has 0 aromatic heterocycles. The molecule has 114 valence electrons. The Kier molecular flexibility index (Phi) is 5.42. The summed E-state index contributed by atoms with van der Waals surface area (Å²) in [5.74, 6) is 0.581. The van der Waals surface area contributed by atoms with Crippen LogP contribution in [0, 0.1) is 12.8 Å². The zero-order valence-corrected chi connectivity index (χ0v) is 13.6. The monoisotopic (exact) mass is 300 g/mol. The van der Waals surface area contributed by atoms with Crippen LogP contribution in [0.3, 0.4) is 0 Å². The molecule has 1 aromatic rings. The van der Waals surface area contributed by atoms with Crippen molar-refractivity contribution in [2.75, 3.05) is 25.9 Å². The van der Waals surface area contributed by atoms with E-state index in [1.54, 1.807) is 6.07 Å². The first-order valence-corrected chi connectivity index (χ1v) is 8.12. The van der Waals surface area contributed by atoms with Gasteiger partial charge in [-0.2, -0.15) is 4.31 Å². The Bertz CT molecular complexity index is 568. The second kappa shape index (κ2) is 6.45. The van der Waals surface area contributed by atoms with Crippen molar-refractivity contribution >= 4 is 15.7 Å². The molecule has 0 heterocycles. The van der Waals surface area contributed by atoms with Crippen molar-refractivity contribution < 1.29 is 13.2 Å². The number of hydrogen-bond acceptors (Lipinski definition) is 4. The maximum Gasteiger partial charge on any atom is 0.246 e. The van der Waals surface area contributed by atoms with Crippen LogP contribution in [0.15, 0.2) is 17.0 Å². The second-order valence-electron chi connectivity index (χ2n) is 5.21. The van der Waals surface area contributed by atoms with Gasteiger partial charge in [-0.1, -0.05) is 20.8 Å². The highest BCUT2D eigenvalue weighted by Gasteiger charge is 2.27. The van der Waals surface area contributed by atoms with Gasteiger partial charge in [0, 0.05) is 18.8 Å². The molecule has 0 saturated carbocycles. The number of aryl methyl sites for hydroxylation is 1. The van der Waals surface area contributed by atoms with E-state index in [4.69, 9.17) is 10.5 Å². The van der Waals surface area contributed by atoms with Crippen LogP contribution in [0.2, 0.25) is 0 Å². The molecular formula is C14H24N2O3S. The number of sulfonamides is 1. The maximum atomic E-state index is 12.7. The predicted octanol–water partition coefficient (Wildman–Crippen LogP) is 2.25. The number of methoxy groups -OCH3 is 1. The van der Waals surface area contributed by atoms with Gasteiger partial charge in [0.15, 0.2) is 0 Å². The lowest BCUT2D eigenvalue weighted by Crippen LogP contribution is -2.34. The number of rotatable bonds is 6. The topological polar surface area (TPSA) is 72.6 Å². The van der Waals surface area contributed by atoms with Gasteiger partial charge in [0.1, 0.15) is 10.6 Å². The Hall–Kier alpha value is -1.27. The Morgan fingerprint density at radius 2 is 1.95 bits per heavy atom. The summed E-state index contributed by atoms with van der Waals surface area (Å²) >= 11 is 0. The molecule has 2 N–H and O–H groups in total. The van der Waals surface area contributed by atoms with E-state index in [2.05, 4.69) is 0 Å². The fourth-order valence-electron chi connectivity index (χ4n) is 1.98. The van der Waals surface area contributed by atoms with Crippen LogP contribution in [-0.4, -0.2) is 32.9 Å². The molecule has 0 radical (unpaired) electrons. The number of ether oxygens (including phenoxy) is 1. The zero-order valence-electron chi connectivity index (χ0n) is 12.8. The number of anilines is 1. The first-order chi connectivity index (χ1) is 9.23. The van der Waals surface area contributed by atoms with Gasteiger partial charge < -0.3 is 10.5 Å². The lowest BCUT2D eigenvalue weighted by Gasteiger charge is -2.23. The lowest BCUT2D eigenvalue weighted by molar-refractivity contribution is 0.371. The molecule has 0 saturated heterocycles. The minimum Gasteiger partial charge on any atom is -0.495 e. The third-order valence-electron chi connectivity index (χ3n) is 3.09. The van der Waals surface area contributed by atoms with Crippen molar-refractivity contribution in [3.8, 4) is 5.75 Å². The Morgan fingerprint density at radius 3 is 2.40 bits per heavy atom. The van der Waals surface area contributed by atoms with E-state index in [0.29, 0.717) is 24.5 Å². The molecule has 0 unspecified atom stereocenters. The summed E-state index contributed by atoms with van der Waals surface area (Å²) in [6.45, 7) is 8.49. The van der Waals surface area contributed by atoms with Crippen LogP contribution in [0.1, 0.15) is 26.3 Å². The van der Waals surface area contributed by atoms with Gasteiger partial charge in [0.05, 0.1) is 7.11 Å². The fraction of sp³-hybridized carbons (Fsp3) is 0.571. The first kappa shape index (κ1) is 16.8. The van der Waals surface area contributed by atoms with Crippen molar-refractivity contribution in [2.24, 2.45) is 5.92 Å². The number of nitrogens with zero attached hydrogens (tertiary/aromatic N) is 1. The van der Waals surface area contributed by atoms with Crippen molar-refractivity contribution in [1.82, 2.24) is 4.31 Å². The summed E-state index contributed by atoms with van der Waals surface area (Å²) in [6.07, 6.45) is 0. The molecule has 0 spiro atoms. The molecule has 1 aromatic carbocycles. The van der Waals surface area contributed by atoms with Crippen molar-refractivity contribution in [1.29, 1.82) is 0 Å². The molecule has 0 aliphatic carbocycles. The maximum absolute atomic E-state index is 12.7. The van der Waals surface area contributed by atoms with Gasteiger partial charge >= 0.3 is 0 Å². The van der Waals surface area contributed by atoms with Gasteiger partial charge in [-0.3, -0.25) is 0 Å². The van der Waals surface area contributed by atoms with Gasteiger partial charge in [0.2, 0.25) is 10.0 Å². The summed E-state index contributed by atoms with van der Waals surface area (Å²) in [5, 5.41) is 0. The molecule has 0 aliphatic heterocycles. The summed E-state index contributed by atoms with van der Waals surface area (Å²) < 4.78 is 32.1. The molecule has 0 amide bonds. The minimum atomic E-state index is -3.60. The van der Waals surface area contributed by atoms with E-state index in [0.717, 1.165) is 5.56 Å². The molecular weight excluding hydrogens is 276 g/mol. The number of hydrogen-bond donors (Lipinski definition) is 1. The number of nitrogens with two attached hydrogens (primary N) is 1. The minimum absolute atomic E-state index is 0.130. The SMILES string of the molecule is CCN(CC(C)C)S(=O)(=O)c1cc(N)c(C)cc1OC. The summed E-state index contributed by atoms with van der Waals surface area (Å²) in [5.41, 5.74) is 7.09. The molecule has 0 atom stereocenters.